The Labute approximate surface area is 151 Å². The number of carbonyl (C=O) groups is 2. The van der Waals surface area contributed by atoms with Crippen LogP contribution in [-0.4, -0.2) is 31.2 Å². The van der Waals surface area contributed by atoms with Crippen LogP contribution >= 0.6 is 0 Å². The Kier molecular flexibility index (Phi) is 5.21. The van der Waals surface area contributed by atoms with E-state index in [-0.39, 0.29) is 19.0 Å². The van der Waals surface area contributed by atoms with Gasteiger partial charge in [-0.1, -0.05) is 31.2 Å². The van der Waals surface area contributed by atoms with E-state index in [1.165, 1.54) is 23.5 Å². The van der Waals surface area contributed by atoms with Crippen molar-refractivity contribution < 1.29 is 18.7 Å². The molecule has 0 saturated carbocycles. The summed E-state index contributed by atoms with van der Waals surface area (Å²) in [6, 6.07) is 12.5. The molecule has 0 bridgehead atoms. The quantitative estimate of drug-likeness (QED) is 0.892. The van der Waals surface area contributed by atoms with Crippen LogP contribution in [0.15, 0.2) is 42.5 Å². The van der Waals surface area contributed by atoms with Crippen LogP contribution in [0.1, 0.15) is 19.4 Å². The lowest BCUT2D eigenvalue weighted by Gasteiger charge is -2.14. The van der Waals surface area contributed by atoms with Crippen LogP contribution in [0.25, 0.3) is 11.1 Å². The zero-order chi connectivity index (χ0) is 18.7. The SMILES string of the molecule is CCc1ccc(-c2ccc(N3C[C@H](CNC(C)=O)OC3=O)cc2F)cc1. The maximum atomic E-state index is 14.6. The first-order chi connectivity index (χ1) is 12.5. The van der Waals surface area contributed by atoms with Crippen LogP contribution in [-0.2, 0) is 16.0 Å². The molecule has 2 aromatic rings. The highest BCUT2D eigenvalue weighted by molar-refractivity contribution is 5.90. The van der Waals surface area contributed by atoms with Gasteiger partial charge in [0.2, 0.25) is 5.91 Å². The summed E-state index contributed by atoms with van der Waals surface area (Å²) in [7, 11) is 0. The van der Waals surface area contributed by atoms with Crippen molar-refractivity contribution in [3.05, 3.63) is 53.8 Å². The minimum Gasteiger partial charge on any atom is -0.442 e. The van der Waals surface area contributed by atoms with Gasteiger partial charge in [-0.05, 0) is 35.7 Å². The number of cyclic esters (lactones) is 1. The number of rotatable bonds is 5. The second kappa shape index (κ2) is 7.56. The molecule has 0 aliphatic carbocycles. The summed E-state index contributed by atoms with van der Waals surface area (Å²) in [5.41, 5.74) is 2.90. The zero-order valence-electron chi connectivity index (χ0n) is 14.8. The molecule has 26 heavy (non-hydrogen) atoms. The third-order valence-corrected chi connectivity index (χ3v) is 4.39. The van der Waals surface area contributed by atoms with Gasteiger partial charge in [0.25, 0.3) is 0 Å². The lowest BCUT2D eigenvalue weighted by atomic mass is 10.0. The highest BCUT2D eigenvalue weighted by Gasteiger charge is 2.32. The molecular formula is C20H21FN2O3. The predicted octanol–water partition coefficient (Wildman–Crippen LogP) is 3.52. The molecule has 6 heteroatoms. The first-order valence-corrected chi connectivity index (χ1v) is 8.59. The third-order valence-electron chi connectivity index (χ3n) is 4.39. The fourth-order valence-corrected chi connectivity index (χ4v) is 2.92. The van der Waals surface area contributed by atoms with E-state index in [2.05, 4.69) is 12.2 Å². The van der Waals surface area contributed by atoms with Crippen LogP contribution in [0.2, 0.25) is 0 Å². The highest BCUT2D eigenvalue weighted by atomic mass is 19.1. The molecule has 1 aliphatic heterocycles. The van der Waals surface area contributed by atoms with Crippen molar-refractivity contribution in [3.63, 3.8) is 0 Å². The van der Waals surface area contributed by atoms with Gasteiger partial charge in [-0.3, -0.25) is 9.69 Å². The predicted molar refractivity (Wildman–Crippen MR) is 97.5 cm³/mol. The first kappa shape index (κ1) is 17.9. The molecule has 1 aliphatic rings. The molecule has 0 radical (unpaired) electrons. The number of nitrogens with one attached hydrogen (secondary N) is 1. The average Bonchev–Trinajstić information content (AvgIpc) is 3.01. The van der Waals surface area contributed by atoms with Gasteiger partial charge in [0.05, 0.1) is 18.8 Å². The van der Waals surface area contributed by atoms with Crippen LogP contribution in [0.3, 0.4) is 0 Å². The average molecular weight is 356 g/mol. The monoisotopic (exact) mass is 356 g/mol. The van der Waals surface area contributed by atoms with E-state index in [1.807, 2.05) is 24.3 Å². The number of anilines is 1. The zero-order valence-corrected chi connectivity index (χ0v) is 14.8. The Morgan fingerprint density at radius 2 is 2.00 bits per heavy atom. The van der Waals surface area contributed by atoms with Crippen molar-refractivity contribution in [3.8, 4) is 11.1 Å². The van der Waals surface area contributed by atoms with Crippen LogP contribution < -0.4 is 10.2 Å². The molecule has 1 fully saturated rings. The second-order valence-electron chi connectivity index (χ2n) is 6.27. The molecule has 0 aromatic heterocycles. The Morgan fingerprint density at radius 3 is 2.62 bits per heavy atom. The van der Waals surface area contributed by atoms with Gasteiger partial charge in [-0.15, -0.1) is 0 Å². The summed E-state index contributed by atoms with van der Waals surface area (Å²) in [6.45, 7) is 3.97. The number of amides is 2. The maximum absolute atomic E-state index is 14.6. The smallest absolute Gasteiger partial charge is 0.414 e. The van der Waals surface area contributed by atoms with E-state index in [1.54, 1.807) is 12.1 Å². The van der Waals surface area contributed by atoms with Gasteiger partial charge in [-0.25, -0.2) is 9.18 Å². The van der Waals surface area contributed by atoms with Gasteiger partial charge in [0, 0.05) is 12.5 Å². The summed E-state index contributed by atoms with van der Waals surface area (Å²) in [6.07, 6.45) is -0.0613. The summed E-state index contributed by atoms with van der Waals surface area (Å²) < 4.78 is 19.8. The molecule has 2 amide bonds. The Hall–Kier alpha value is -2.89. The molecule has 1 heterocycles. The fraction of sp³-hybridized carbons (Fsp3) is 0.300. The maximum Gasteiger partial charge on any atom is 0.414 e. The van der Waals surface area contributed by atoms with Gasteiger partial charge in [0.1, 0.15) is 11.9 Å². The molecule has 1 saturated heterocycles. The van der Waals surface area contributed by atoms with E-state index < -0.39 is 18.0 Å². The second-order valence-corrected chi connectivity index (χ2v) is 6.27. The summed E-state index contributed by atoms with van der Waals surface area (Å²) in [4.78, 5) is 24.4. The molecule has 0 spiro atoms. The minimum atomic E-state index is -0.542. The Morgan fingerprint density at radius 1 is 1.27 bits per heavy atom. The lowest BCUT2D eigenvalue weighted by Crippen LogP contribution is -2.33. The van der Waals surface area contributed by atoms with E-state index in [4.69, 9.17) is 4.74 Å². The fourth-order valence-electron chi connectivity index (χ4n) is 2.92. The molecular weight excluding hydrogens is 335 g/mol. The van der Waals surface area contributed by atoms with E-state index in [9.17, 15) is 14.0 Å². The number of hydrogen-bond acceptors (Lipinski definition) is 3. The number of ether oxygens (including phenoxy) is 1. The molecule has 1 N–H and O–H groups in total. The normalized spacial score (nSPS) is 16.5. The van der Waals surface area contributed by atoms with E-state index >= 15 is 0 Å². The summed E-state index contributed by atoms with van der Waals surface area (Å²) in [5, 5.41) is 2.61. The molecule has 0 unspecified atom stereocenters. The van der Waals surface area contributed by atoms with Crippen LogP contribution in [0, 0.1) is 5.82 Å². The number of benzene rings is 2. The van der Waals surface area contributed by atoms with Crippen molar-refractivity contribution in [1.29, 1.82) is 0 Å². The number of hydrogen-bond donors (Lipinski definition) is 1. The summed E-state index contributed by atoms with van der Waals surface area (Å²) >= 11 is 0. The molecule has 136 valence electrons. The van der Waals surface area contributed by atoms with Gasteiger partial charge in [0.15, 0.2) is 0 Å². The summed E-state index contributed by atoms with van der Waals surface area (Å²) in [5.74, 6) is -0.589. The van der Waals surface area contributed by atoms with Crippen molar-refractivity contribution in [2.45, 2.75) is 26.4 Å². The number of nitrogens with zero attached hydrogens (tertiary/aromatic N) is 1. The van der Waals surface area contributed by atoms with Gasteiger partial charge >= 0.3 is 6.09 Å². The molecule has 2 aromatic carbocycles. The minimum absolute atomic E-state index is 0.191. The number of halogens is 1. The van der Waals surface area contributed by atoms with Crippen molar-refractivity contribution in [2.75, 3.05) is 18.0 Å². The molecule has 1 atom stereocenters. The number of aryl methyl sites for hydroxylation is 1. The van der Waals surface area contributed by atoms with Gasteiger partial charge < -0.3 is 10.1 Å². The van der Waals surface area contributed by atoms with E-state index in [0.29, 0.717) is 11.3 Å². The lowest BCUT2D eigenvalue weighted by molar-refractivity contribution is -0.119. The van der Waals surface area contributed by atoms with Crippen LogP contribution in [0.4, 0.5) is 14.9 Å². The standard InChI is InChI=1S/C20H21FN2O3/c1-3-14-4-6-15(7-5-14)18-9-8-16(10-19(18)21)23-12-17(26-20(23)25)11-22-13(2)24/h4-10,17H,3,11-12H2,1-2H3,(H,22,24)/t17-/m0/s1. The third kappa shape index (κ3) is 3.85. The largest absolute Gasteiger partial charge is 0.442 e. The highest BCUT2D eigenvalue weighted by Crippen LogP contribution is 2.29. The van der Waals surface area contributed by atoms with Crippen molar-refractivity contribution in [2.24, 2.45) is 0 Å². The molecule has 5 nitrogen and oxygen atoms in total. The number of carbonyl (C=O) groups excluding carboxylic acids is 2. The van der Waals surface area contributed by atoms with Crippen LogP contribution in [0.5, 0.6) is 0 Å². The molecule has 3 rings (SSSR count). The topological polar surface area (TPSA) is 58.6 Å². The van der Waals surface area contributed by atoms with Gasteiger partial charge in [-0.2, -0.15) is 0 Å². The Balaban J connectivity index is 1.76. The van der Waals surface area contributed by atoms with Crippen molar-refractivity contribution >= 4 is 17.7 Å². The van der Waals surface area contributed by atoms with E-state index in [0.717, 1.165) is 12.0 Å². The Bertz CT molecular complexity index is 820. The van der Waals surface area contributed by atoms with Crippen molar-refractivity contribution in [1.82, 2.24) is 5.32 Å². The first-order valence-electron chi connectivity index (χ1n) is 8.59.